The second-order valence-electron chi connectivity index (χ2n) is 5.58. The molecule has 0 spiro atoms. The maximum atomic E-state index is 14.8. The molecule has 0 aliphatic rings. The number of nitriles is 1. The molecule has 0 aliphatic heterocycles. The molecule has 2 aromatic rings. The van der Waals surface area contributed by atoms with E-state index in [0.29, 0.717) is 6.07 Å². The van der Waals surface area contributed by atoms with E-state index in [9.17, 15) is 30.7 Å². The summed E-state index contributed by atoms with van der Waals surface area (Å²) in [5, 5.41) is 8.82. The third kappa shape index (κ3) is 3.77. The van der Waals surface area contributed by atoms with Gasteiger partial charge in [-0.05, 0) is 63.9 Å². The molecule has 0 saturated heterocycles. The lowest BCUT2D eigenvalue weighted by atomic mass is 9.83. The number of alkyl halides is 7. The highest BCUT2D eigenvalue weighted by atomic mass is 127. The molecule has 9 heteroatoms. The van der Waals surface area contributed by atoms with Gasteiger partial charge in [-0.1, -0.05) is 19.1 Å². The fourth-order valence-corrected chi connectivity index (χ4v) is 3.29. The van der Waals surface area contributed by atoms with Crippen molar-refractivity contribution >= 4 is 22.6 Å². The van der Waals surface area contributed by atoms with E-state index in [4.69, 9.17) is 5.26 Å². The molecule has 2 aromatic carbocycles. The topological polar surface area (TPSA) is 23.8 Å². The van der Waals surface area contributed by atoms with Crippen LogP contribution in [0, 0.1) is 21.0 Å². The fourth-order valence-electron chi connectivity index (χ4n) is 2.65. The van der Waals surface area contributed by atoms with Crippen molar-refractivity contribution in [2.75, 3.05) is 0 Å². The van der Waals surface area contributed by atoms with Crippen LogP contribution in [0.25, 0.3) is 11.1 Å². The number of benzene rings is 2. The van der Waals surface area contributed by atoms with Crippen molar-refractivity contribution in [3.8, 4) is 17.2 Å². The molecule has 0 N–H and O–H groups in total. The summed E-state index contributed by atoms with van der Waals surface area (Å²) in [6.45, 7) is 1.51. The van der Waals surface area contributed by atoms with Gasteiger partial charge in [0, 0.05) is 15.2 Å². The Bertz CT molecular complexity index is 863. The average molecular weight is 500 g/mol. The highest BCUT2D eigenvalue weighted by Crippen LogP contribution is 2.56. The first-order chi connectivity index (χ1) is 12.4. The van der Waals surface area contributed by atoms with E-state index >= 15 is 0 Å². The second kappa shape index (κ2) is 7.30. The second-order valence-corrected chi connectivity index (χ2v) is 6.74. The number of nitrogens with zero attached hydrogens (tertiary/aromatic N) is 1. The lowest BCUT2D eigenvalue weighted by Crippen LogP contribution is -2.50. The number of hydrogen-bond acceptors (Lipinski definition) is 1. The largest absolute Gasteiger partial charge is 0.435 e. The number of aryl methyl sites for hydroxylation is 1. The number of hydrogen-bond donors (Lipinski definition) is 0. The van der Waals surface area contributed by atoms with Gasteiger partial charge in [-0.3, -0.25) is 0 Å². The van der Waals surface area contributed by atoms with Gasteiger partial charge < -0.3 is 0 Å². The van der Waals surface area contributed by atoms with Gasteiger partial charge in [0.05, 0.1) is 11.6 Å². The first-order valence-electron chi connectivity index (χ1n) is 7.44. The summed E-state index contributed by atoms with van der Waals surface area (Å²) in [6, 6.07) is 9.83. The zero-order chi connectivity index (χ0) is 20.6. The molecule has 27 heavy (non-hydrogen) atoms. The quantitative estimate of drug-likeness (QED) is 0.350. The summed E-state index contributed by atoms with van der Waals surface area (Å²) in [7, 11) is 0. The van der Waals surface area contributed by atoms with Crippen LogP contribution >= 0.6 is 22.6 Å². The van der Waals surface area contributed by atoms with Crippen molar-refractivity contribution in [1.82, 2.24) is 0 Å². The monoisotopic (exact) mass is 500 g/mol. The summed E-state index contributed by atoms with van der Waals surface area (Å²) in [4.78, 5) is 0. The molecule has 0 atom stereocenters. The minimum Gasteiger partial charge on any atom is -0.218 e. The normalized spacial score (nSPS) is 12.7. The lowest BCUT2D eigenvalue weighted by Gasteiger charge is -2.32. The molecular weight excluding hydrogens is 490 g/mol. The fraction of sp³-hybridized carbons (Fsp3) is 0.278. The molecule has 0 heterocycles. The van der Waals surface area contributed by atoms with Crippen LogP contribution in [-0.2, 0) is 12.1 Å². The Balaban J connectivity index is 2.94. The van der Waals surface area contributed by atoms with Crippen molar-refractivity contribution in [2.45, 2.75) is 31.4 Å². The summed E-state index contributed by atoms with van der Waals surface area (Å²) in [5.41, 5.74) is -7.51. The van der Waals surface area contributed by atoms with E-state index in [-0.39, 0.29) is 26.7 Å². The maximum absolute atomic E-state index is 14.8. The zero-order valence-electron chi connectivity index (χ0n) is 13.6. The van der Waals surface area contributed by atoms with E-state index in [1.54, 1.807) is 6.07 Å². The van der Waals surface area contributed by atoms with Crippen molar-refractivity contribution in [1.29, 1.82) is 5.26 Å². The molecule has 1 radical (unpaired) electrons. The minimum absolute atomic E-state index is 0.0112. The Morgan fingerprint density at radius 3 is 1.93 bits per heavy atom. The standard InChI is InChI=1S/C18H10F7IN/c1-2-11-7-13(26)8-14(16(19,17(20,21)22)18(23,24)25)15(11)12-5-3-10(9-27)4-6-12/h3-6,8H,2H2,1H3. The SMILES string of the molecule is CCc1[c]c(I)cc(C(F)(C(F)(F)F)C(F)(F)F)c1-c1ccc(C#N)cc1. The Morgan fingerprint density at radius 1 is 1.00 bits per heavy atom. The van der Waals surface area contributed by atoms with Crippen LogP contribution in [0.5, 0.6) is 0 Å². The molecule has 0 saturated carbocycles. The van der Waals surface area contributed by atoms with Crippen LogP contribution < -0.4 is 0 Å². The van der Waals surface area contributed by atoms with Gasteiger partial charge in [0.2, 0.25) is 0 Å². The van der Waals surface area contributed by atoms with Crippen LogP contribution in [0.2, 0.25) is 0 Å². The van der Waals surface area contributed by atoms with Crippen molar-refractivity contribution in [3.63, 3.8) is 0 Å². The highest BCUT2D eigenvalue weighted by Gasteiger charge is 2.74. The molecule has 0 aliphatic carbocycles. The number of halogens is 8. The van der Waals surface area contributed by atoms with Gasteiger partial charge in [0.15, 0.2) is 0 Å². The summed E-state index contributed by atoms with van der Waals surface area (Å²) in [6.07, 6.45) is -12.4. The molecule has 1 nitrogen and oxygen atoms in total. The Morgan fingerprint density at radius 2 is 1.52 bits per heavy atom. The lowest BCUT2D eigenvalue weighted by molar-refractivity contribution is -0.348. The van der Waals surface area contributed by atoms with E-state index < -0.39 is 29.1 Å². The predicted molar refractivity (Wildman–Crippen MR) is 92.4 cm³/mol. The summed E-state index contributed by atoms with van der Waals surface area (Å²) < 4.78 is 94.6. The molecule has 0 unspecified atom stereocenters. The molecule has 0 bridgehead atoms. The van der Waals surface area contributed by atoms with Gasteiger partial charge in [0.1, 0.15) is 0 Å². The van der Waals surface area contributed by atoms with Gasteiger partial charge in [-0.15, -0.1) is 0 Å². The smallest absolute Gasteiger partial charge is 0.218 e. The zero-order valence-corrected chi connectivity index (χ0v) is 15.7. The molecule has 0 fully saturated rings. The first kappa shape index (κ1) is 21.5. The van der Waals surface area contributed by atoms with Crippen LogP contribution in [-0.4, -0.2) is 12.4 Å². The summed E-state index contributed by atoms with van der Waals surface area (Å²) >= 11 is 1.50. The van der Waals surface area contributed by atoms with Gasteiger partial charge in [-0.2, -0.15) is 31.6 Å². The van der Waals surface area contributed by atoms with E-state index in [2.05, 4.69) is 6.07 Å². The molecule has 0 aromatic heterocycles. The van der Waals surface area contributed by atoms with Crippen LogP contribution in [0.3, 0.4) is 0 Å². The Hall–Kier alpha value is -1.83. The van der Waals surface area contributed by atoms with Gasteiger partial charge in [0.25, 0.3) is 0 Å². The molecular formula is C18H10F7IN. The predicted octanol–water partition coefficient (Wildman–Crippen LogP) is 6.48. The van der Waals surface area contributed by atoms with Crippen molar-refractivity contribution < 1.29 is 30.7 Å². The third-order valence-electron chi connectivity index (χ3n) is 3.92. The number of rotatable bonds is 3. The Labute approximate surface area is 163 Å². The maximum Gasteiger partial charge on any atom is 0.435 e. The minimum atomic E-state index is -6.22. The van der Waals surface area contributed by atoms with Crippen molar-refractivity contribution in [2.24, 2.45) is 0 Å². The highest BCUT2D eigenvalue weighted by molar-refractivity contribution is 14.1. The molecule has 143 valence electrons. The summed E-state index contributed by atoms with van der Waals surface area (Å²) in [5.74, 6) is 0. The van der Waals surface area contributed by atoms with E-state index in [0.717, 1.165) is 0 Å². The van der Waals surface area contributed by atoms with Crippen LogP contribution in [0.4, 0.5) is 30.7 Å². The third-order valence-corrected chi connectivity index (χ3v) is 4.50. The van der Waals surface area contributed by atoms with E-state index in [1.807, 2.05) is 0 Å². The van der Waals surface area contributed by atoms with Crippen molar-refractivity contribution in [3.05, 3.63) is 56.7 Å². The van der Waals surface area contributed by atoms with Gasteiger partial charge >= 0.3 is 18.0 Å². The van der Waals surface area contributed by atoms with Crippen LogP contribution in [0.15, 0.2) is 30.3 Å². The van der Waals surface area contributed by atoms with Gasteiger partial charge in [-0.25, -0.2) is 4.39 Å². The molecule has 2 rings (SSSR count). The average Bonchev–Trinajstić information content (AvgIpc) is 2.58. The Kier molecular flexibility index (Phi) is 5.80. The first-order valence-corrected chi connectivity index (χ1v) is 8.52. The molecule has 0 amide bonds. The van der Waals surface area contributed by atoms with Crippen LogP contribution in [0.1, 0.15) is 23.6 Å². The van der Waals surface area contributed by atoms with E-state index in [1.165, 1.54) is 53.8 Å².